The van der Waals surface area contributed by atoms with E-state index in [2.05, 4.69) is 5.32 Å². The van der Waals surface area contributed by atoms with Crippen LogP contribution in [0, 0.1) is 0 Å². The molecule has 0 bridgehead atoms. The number of ketones is 1. The number of methoxy groups -OCH3 is 3. The number of hydrogen-bond donors (Lipinski definition) is 1. The summed E-state index contributed by atoms with van der Waals surface area (Å²) < 4.78 is 16.8. The number of ether oxygens (including phenoxy) is 3. The van der Waals surface area contributed by atoms with E-state index in [9.17, 15) is 9.59 Å². The summed E-state index contributed by atoms with van der Waals surface area (Å²) in [5.41, 5.74) is 3.47. The number of nitrogens with one attached hydrogen (secondary N) is 1. The second-order valence-electron chi connectivity index (χ2n) is 6.74. The van der Waals surface area contributed by atoms with Crippen molar-refractivity contribution in [1.29, 1.82) is 0 Å². The van der Waals surface area contributed by atoms with Gasteiger partial charge < -0.3 is 19.5 Å². The molecule has 28 heavy (non-hydrogen) atoms. The molecule has 1 atom stereocenters. The van der Waals surface area contributed by atoms with Crippen LogP contribution in [-0.4, -0.2) is 34.2 Å². The minimum Gasteiger partial charge on any atom is -0.493 e. The van der Waals surface area contributed by atoms with E-state index in [4.69, 9.17) is 14.2 Å². The molecule has 0 amide bonds. The Morgan fingerprint density at radius 1 is 1.07 bits per heavy atom. The third-order valence-electron chi connectivity index (χ3n) is 5.27. The van der Waals surface area contributed by atoms with E-state index in [0.717, 1.165) is 35.1 Å². The van der Waals surface area contributed by atoms with Gasteiger partial charge in [-0.25, -0.2) is 0 Å². The number of Topliss-reactive ketones (excluding diaryl/α,β-unsaturated/α-hetero) is 1. The molecule has 148 valence electrons. The Bertz CT molecular complexity index is 983. The van der Waals surface area contributed by atoms with Gasteiger partial charge in [-0.05, 0) is 61.7 Å². The van der Waals surface area contributed by atoms with E-state index < -0.39 is 0 Å². The van der Waals surface area contributed by atoms with Gasteiger partial charge in [-0.1, -0.05) is 6.07 Å². The quantitative estimate of drug-likeness (QED) is 0.800. The van der Waals surface area contributed by atoms with Crippen LogP contribution in [0.1, 0.15) is 40.9 Å². The average molecular weight is 383 g/mol. The summed E-state index contributed by atoms with van der Waals surface area (Å²) in [6.45, 7) is 1.40. The average Bonchev–Trinajstić information content (AvgIpc) is 2.94. The molecular weight excluding hydrogens is 358 g/mol. The molecule has 0 saturated carbocycles. The fraction of sp³-hybridized carbons (Fsp3) is 0.364. The van der Waals surface area contributed by atoms with Crippen molar-refractivity contribution in [3.05, 3.63) is 51.2 Å². The van der Waals surface area contributed by atoms with E-state index >= 15 is 0 Å². The summed E-state index contributed by atoms with van der Waals surface area (Å²) >= 11 is 0. The van der Waals surface area contributed by atoms with E-state index in [-0.39, 0.29) is 22.8 Å². The Labute approximate surface area is 164 Å². The van der Waals surface area contributed by atoms with E-state index in [1.54, 1.807) is 33.5 Å². The van der Waals surface area contributed by atoms with Crippen molar-refractivity contribution in [3.63, 3.8) is 0 Å². The van der Waals surface area contributed by atoms with Gasteiger partial charge in [0.2, 0.25) is 5.75 Å². The summed E-state index contributed by atoms with van der Waals surface area (Å²) in [5.74, 6) is 1.39. The first kappa shape index (κ1) is 19.9. The molecular formula is C22H25NO5. The van der Waals surface area contributed by atoms with Crippen molar-refractivity contribution in [2.75, 3.05) is 28.4 Å². The number of rotatable bonds is 5. The second kappa shape index (κ2) is 8.02. The third-order valence-corrected chi connectivity index (χ3v) is 5.27. The van der Waals surface area contributed by atoms with Crippen molar-refractivity contribution in [2.45, 2.75) is 25.8 Å². The second-order valence-corrected chi connectivity index (χ2v) is 6.74. The van der Waals surface area contributed by atoms with E-state index in [1.807, 2.05) is 19.2 Å². The van der Waals surface area contributed by atoms with Gasteiger partial charge in [-0.2, -0.15) is 0 Å². The van der Waals surface area contributed by atoms with Gasteiger partial charge in [0, 0.05) is 11.6 Å². The number of hydrogen-bond acceptors (Lipinski definition) is 6. The van der Waals surface area contributed by atoms with Crippen molar-refractivity contribution < 1.29 is 19.0 Å². The highest BCUT2D eigenvalue weighted by atomic mass is 16.5. The van der Waals surface area contributed by atoms with Crippen LogP contribution in [0.5, 0.6) is 17.2 Å². The van der Waals surface area contributed by atoms with Gasteiger partial charge in [0.15, 0.2) is 22.7 Å². The molecule has 1 N–H and O–H groups in total. The molecule has 3 rings (SSSR count). The van der Waals surface area contributed by atoms with Crippen molar-refractivity contribution in [2.24, 2.45) is 0 Å². The lowest BCUT2D eigenvalue weighted by molar-refractivity contribution is 0.101. The molecule has 2 aromatic carbocycles. The normalized spacial score (nSPS) is 15.1. The standard InChI is InChI=1S/C22H25NO5/c1-12(24)14-7-8-15-16(11-18(14)25)17(23-2)9-6-13-10-19(26-3)21(27-4)22(28-5)20(13)15/h7-8,10-11,17,23H,6,9H2,1-5H3. The Hall–Kier alpha value is -2.86. The molecule has 1 aliphatic rings. The van der Waals surface area contributed by atoms with Crippen LogP contribution in [0.2, 0.25) is 0 Å². The number of fused-ring (bicyclic) bond motifs is 3. The fourth-order valence-electron chi connectivity index (χ4n) is 3.90. The van der Waals surface area contributed by atoms with Crippen LogP contribution in [0.3, 0.4) is 0 Å². The van der Waals surface area contributed by atoms with Crippen LogP contribution < -0.4 is 25.0 Å². The molecule has 0 fully saturated rings. The van der Waals surface area contributed by atoms with Crippen LogP contribution in [-0.2, 0) is 6.42 Å². The monoisotopic (exact) mass is 383 g/mol. The fourth-order valence-corrected chi connectivity index (χ4v) is 3.90. The van der Waals surface area contributed by atoms with Gasteiger partial charge in [0.05, 0.1) is 26.9 Å². The number of benzene rings is 1. The van der Waals surface area contributed by atoms with Crippen molar-refractivity contribution in [1.82, 2.24) is 5.32 Å². The molecule has 0 saturated heterocycles. The molecule has 0 spiro atoms. The number of carbonyl (C=O) groups is 1. The molecule has 1 aliphatic carbocycles. The van der Waals surface area contributed by atoms with E-state index in [1.165, 1.54) is 6.92 Å². The smallest absolute Gasteiger partial charge is 0.203 e. The minimum absolute atomic E-state index is 0.0380. The van der Waals surface area contributed by atoms with Gasteiger partial charge in [0.1, 0.15) is 0 Å². The SMILES string of the molecule is CNC1CCc2cc(OC)c(OC)c(OC)c2-c2ccc(C(C)=O)c(=O)cc21. The summed E-state index contributed by atoms with van der Waals surface area (Å²) in [5, 5.41) is 3.29. The molecule has 6 nitrogen and oxygen atoms in total. The number of carbonyl (C=O) groups excluding carboxylic acids is 1. The predicted molar refractivity (Wildman–Crippen MR) is 108 cm³/mol. The summed E-state index contributed by atoms with van der Waals surface area (Å²) in [4.78, 5) is 24.6. The van der Waals surface area contributed by atoms with Crippen LogP contribution in [0.25, 0.3) is 11.1 Å². The Kier molecular flexibility index (Phi) is 5.70. The molecule has 6 heteroatoms. The summed E-state index contributed by atoms with van der Waals surface area (Å²) in [6, 6.07) is 6.91. The van der Waals surface area contributed by atoms with Gasteiger partial charge in [0.25, 0.3) is 0 Å². The molecule has 0 aliphatic heterocycles. The highest BCUT2D eigenvalue weighted by Gasteiger charge is 2.28. The third kappa shape index (κ3) is 3.24. The maximum atomic E-state index is 12.7. The maximum Gasteiger partial charge on any atom is 0.203 e. The zero-order valence-corrected chi connectivity index (χ0v) is 16.8. The Morgan fingerprint density at radius 3 is 2.36 bits per heavy atom. The van der Waals surface area contributed by atoms with Crippen LogP contribution in [0.4, 0.5) is 0 Å². The lowest BCUT2D eigenvalue weighted by Crippen LogP contribution is -2.18. The zero-order chi connectivity index (χ0) is 20.4. The van der Waals surface area contributed by atoms with Crippen molar-refractivity contribution in [3.8, 4) is 28.4 Å². The van der Waals surface area contributed by atoms with Gasteiger partial charge >= 0.3 is 0 Å². The van der Waals surface area contributed by atoms with Gasteiger partial charge in [-0.3, -0.25) is 9.59 Å². The zero-order valence-electron chi connectivity index (χ0n) is 16.8. The molecule has 0 radical (unpaired) electrons. The molecule has 2 aromatic rings. The largest absolute Gasteiger partial charge is 0.493 e. The summed E-state index contributed by atoms with van der Waals surface area (Å²) in [6.07, 6.45) is 1.55. The van der Waals surface area contributed by atoms with Gasteiger partial charge in [-0.15, -0.1) is 0 Å². The maximum absolute atomic E-state index is 12.7. The highest BCUT2D eigenvalue weighted by Crippen LogP contribution is 2.50. The Morgan fingerprint density at radius 2 is 1.79 bits per heavy atom. The first-order chi connectivity index (χ1) is 13.5. The molecule has 0 heterocycles. The molecule has 0 aromatic heterocycles. The predicted octanol–water partition coefficient (Wildman–Crippen LogP) is 3.15. The highest BCUT2D eigenvalue weighted by molar-refractivity contribution is 5.94. The topological polar surface area (TPSA) is 73.9 Å². The lowest BCUT2D eigenvalue weighted by atomic mass is 9.95. The first-order valence-electron chi connectivity index (χ1n) is 9.15. The van der Waals surface area contributed by atoms with E-state index in [0.29, 0.717) is 17.2 Å². The van der Waals surface area contributed by atoms with Crippen LogP contribution in [0.15, 0.2) is 29.1 Å². The lowest BCUT2D eigenvalue weighted by Gasteiger charge is -2.19. The Balaban J connectivity index is 2.45. The minimum atomic E-state index is -0.281. The summed E-state index contributed by atoms with van der Waals surface area (Å²) in [7, 11) is 6.61. The first-order valence-corrected chi connectivity index (χ1v) is 9.15. The van der Waals surface area contributed by atoms with Crippen LogP contribution >= 0.6 is 0 Å². The molecule has 1 unspecified atom stereocenters. The van der Waals surface area contributed by atoms with Crippen molar-refractivity contribution >= 4 is 5.78 Å². The number of aryl methyl sites for hydroxylation is 1.